The van der Waals surface area contributed by atoms with Crippen molar-refractivity contribution >= 4 is 5.96 Å². The van der Waals surface area contributed by atoms with Crippen LogP contribution < -0.4 is 15.4 Å². The Balaban J connectivity index is 1.60. The number of guanidine groups is 1. The van der Waals surface area contributed by atoms with E-state index >= 15 is 0 Å². The van der Waals surface area contributed by atoms with E-state index in [-0.39, 0.29) is 11.9 Å². The second kappa shape index (κ2) is 10.1. The van der Waals surface area contributed by atoms with Gasteiger partial charge in [-0.1, -0.05) is 0 Å². The van der Waals surface area contributed by atoms with Crippen LogP contribution in [0.3, 0.4) is 0 Å². The van der Waals surface area contributed by atoms with Gasteiger partial charge in [-0.05, 0) is 70.1 Å². The Morgan fingerprint density at radius 2 is 1.96 bits per heavy atom. The third kappa shape index (κ3) is 6.74. The first-order valence-electron chi connectivity index (χ1n) is 8.76. The number of hydrogen-bond donors (Lipinski definition) is 2. The van der Waals surface area contributed by atoms with Gasteiger partial charge in [0.2, 0.25) is 0 Å². The first-order chi connectivity index (χ1) is 11.7. The summed E-state index contributed by atoms with van der Waals surface area (Å²) in [6, 6.07) is 6.07. The summed E-state index contributed by atoms with van der Waals surface area (Å²) in [6.45, 7) is 7.13. The molecule has 0 aromatic heterocycles. The third-order valence-corrected chi connectivity index (χ3v) is 4.07. The van der Waals surface area contributed by atoms with Crippen molar-refractivity contribution in [2.45, 2.75) is 32.3 Å². The SMILES string of the molecule is CN=C(NCCCN1CCCC1)NCC(C)Oc1ccc(F)cc1. The predicted molar refractivity (Wildman–Crippen MR) is 96.1 cm³/mol. The van der Waals surface area contributed by atoms with Crippen LogP contribution in [-0.4, -0.2) is 56.7 Å². The second-order valence-corrected chi connectivity index (χ2v) is 6.16. The Labute approximate surface area is 144 Å². The smallest absolute Gasteiger partial charge is 0.191 e. The minimum atomic E-state index is -0.258. The van der Waals surface area contributed by atoms with Gasteiger partial charge in [-0.25, -0.2) is 4.39 Å². The fourth-order valence-electron chi connectivity index (χ4n) is 2.76. The fraction of sp³-hybridized carbons (Fsp3) is 0.611. The number of benzene rings is 1. The Kier molecular flexibility index (Phi) is 7.82. The van der Waals surface area contributed by atoms with Gasteiger partial charge in [-0.3, -0.25) is 4.99 Å². The summed E-state index contributed by atoms with van der Waals surface area (Å²) in [6.07, 6.45) is 3.74. The lowest BCUT2D eigenvalue weighted by molar-refractivity contribution is 0.223. The minimum Gasteiger partial charge on any atom is -0.489 e. The largest absolute Gasteiger partial charge is 0.489 e. The maximum absolute atomic E-state index is 12.9. The van der Waals surface area contributed by atoms with E-state index in [2.05, 4.69) is 20.5 Å². The number of nitrogens with one attached hydrogen (secondary N) is 2. The van der Waals surface area contributed by atoms with Crippen LogP contribution in [-0.2, 0) is 0 Å². The average molecular weight is 336 g/mol. The molecule has 1 unspecified atom stereocenters. The Bertz CT molecular complexity index is 500. The summed E-state index contributed by atoms with van der Waals surface area (Å²) in [5, 5.41) is 6.58. The zero-order valence-corrected chi connectivity index (χ0v) is 14.7. The number of hydrogen-bond acceptors (Lipinski definition) is 3. The van der Waals surface area contributed by atoms with E-state index in [9.17, 15) is 4.39 Å². The van der Waals surface area contributed by atoms with E-state index in [4.69, 9.17) is 4.74 Å². The number of nitrogens with zero attached hydrogens (tertiary/aromatic N) is 2. The molecule has 0 aliphatic carbocycles. The summed E-state index contributed by atoms with van der Waals surface area (Å²) in [5.41, 5.74) is 0. The molecule has 1 heterocycles. The van der Waals surface area contributed by atoms with Gasteiger partial charge in [0.15, 0.2) is 5.96 Å². The van der Waals surface area contributed by atoms with Crippen molar-refractivity contribution < 1.29 is 9.13 Å². The molecule has 5 nitrogen and oxygen atoms in total. The van der Waals surface area contributed by atoms with Crippen molar-refractivity contribution in [2.24, 2.45) is 4.99 Å². The van der Waals surface area contributed by atoms with E-state index in [0.29, 0.717) is 12.3 Å². The first-order valence-corrected chi connectivity index (χ1v) is 8.76. The molecule has 1 aliphatic rings. The first kappa shape index (κ1) is 18.5. The van der Waals surface area contributed by atoms with Crippen LogP contribution >= 0.6 is 0 Å². The molecule has 1 atom stereocenters. The van der Waals surface area contributed by atoms with E-state index in [1.165, 1.54) is 38.1 Å². The number of rotatable bonds is 8. The maximum atomic E-state index is 12.9. The summed E-state index contributed by atoms with van der Waals surface area (Å²) in [7, 11) is 1.77. The zero-order chi connectivity index (χ0) is 17.2. The molecule has 1 aromatic carbocycles. The fourth-order valence-corrected chi connectivity index (χ4v) is 2.76. The van der Waals surface area contributed by atoms with Gasteiger partial charge in [-0.2, -0.15) is 0 Å². The highest BCUT2D eigenvalue weighted by molar-refractivity contribution is 5.79. The second-order valence-electron chi connectivity index (χ2n) is 6.16. The highest BCUT2D eigenvalue weighted by Crippen LogP contribution is 2.12. The molecule has 2 rings (SSSR count). The number of halogens is 1. The Hall–Kier alpha value is -1.82. The van der Waals surface area contributed by atoms with Gasteiger partial charge < -0.3 is 20.3 Å². The molecular formula is C18H29FN4O. The zero-order valence-electron chi connectivity index (χ0n) is 14.7. The molecule has 1 aromatic rings. The molecule has 24 heavy (non-hydrogen) atoms. The Morgan fingerprint density at radius 3 is 2.62 bits per heavy atom. The normalized spacial score (nSPS) is 16.9. The molecule has 6 heteroatoms. The lowest BCUT2D eigenvalue weighted by atomic mass is 10.3. The van der Waals surface area contributed by atoms with Crippen molar-refractivity contribution in [2.75, 3.05) is 39.8 Å². The van der Waals surface area contributed by atoms with Crippen LogP contribution in [0.25, 0.3) is 0 Å². The third-order valence-electron chi connectivity index (χ3n) is 4.07. The molecule has 0 radical (unpaired) electrons. The molecule has 0 saturated carbocycles. The molecule has 0 amide bonds. The van der Waals surface area contributed by atoms with Crippen LogP contribution in [0.1, 0.15) is 26.2 Å². The van der Waals surface area contributed by atoms with Crippen LogP contribution in [0.5, 0.6) is 5.75 Å². The van der Waals surface area contributed by atoms with Crippen molar-refractivity contribution in [1.82, 2.24) is 15.5 Å². The van der Waals surface area contributed by atoms with E-state index in [0.717, 1.165) is 25.5 Å². The van der Waals surface area contributed by atoms with Crippen LogP contribution in [0.2, 0.25) is 0 Å². The van der Waals surface area contributed by atoms with Gasteiger partial charge in [-0.15, -0.1) is 0 Å². The molecule has 0 bridgehead atoms. The number of aliphatic imine (C=N–C) groups is 1. The maximum Gasteiger partial charge on any atom is 0.191 e. The van der Waals surface area contributed by atoms with Crippen LogP contribution in [0.4, 0.5) is 4.39 Å². The van der Waals surface area contributed by atoms with Crippen LogP contribution in [0, 0.1) is 5.82 Å². The molecule has 1 saturated heterocycles. The van der Waals surface area contributed by atoms with Gasteiger partial charge >= 0.3 is 0 Å². The monoisotopic (exact) mass is 336 g/mol. The van der Waals surface area contributed by atoms with E-state index < -0.39 is 0 Å². The van der Waals surface area contributed by atoms with Crippen molar-refractivity contribution in [3.05, 3.63) is 30.1 Å². The topological polar surface area (TPSA) is 48.9 Å². The van der Waals surface area contributed by atoms with Crippen molar-refractivity contribution in [3.63, 3.8) is 0 Å². The summed E-state index contributed by atoms with van der Waals surface area (Å²) < 4.78 is 18.6. The average Bonchev–Trinajstić information content (AvgIpc) is 3.10. The molecule has 1 aliphatic heterocycles. The lowest BCUT2D eigenvalue weighted by Gasteiger charge is -2.18. The molecule has 0 spiro atoms. The van der Waals surface area contributed by atoms with E-state index in [1.807, 2.05) is 6.92 Å². The minimum absolute atomic E-state index is 0.0430. The standard InChI is InChI=1S/C18H29FN4O/c1-15(24-17-8-6-16(19)7-9-17)14-22-18(20-2)21-10-5-13-23-11-3-4-12-23/h6-9,15H,3-5,10-14H2,1-2H3,(H2,20,21,22). The van der Waals surface area contributed by atoms with E-state index in [1.54, 1.807) is 19.2 Å². The van der Waals surface area contributed by atoms with Gasteiger partial charge in [0.25, 0.3) is 0 Å². The predicted octanol–water partition coefficient (Wildman–Crippen LogP) is 2.24. The highest BCUT2D eigenvalue weighted by atomic mass is 19.1. The highest BCUT2D eigenvalue weighted by Gasteiger charge is 2.10. The van der Waals surface area contributed by atoms with Crippen molar-refractivity contribution in [1.29, 1.82) is 0 Å². The van der Waals surface area contributed by atoms with Crippen LogP contribution in [0.15, 0.2) is 29.3 Å². The molecular weight excluding hydrogens is 307 g/mol. The lowest BCUT2D eigenvalue weighted by Crippen LogP contribution is -2.42. The number of ether oxygens (including phenoxy) is 1. The molecule has 134 valence electrons. The number of likely N-dealkylation sites (tertiary alicyclic amines) is 1. The summed E-state index contributed by atoms with van der Waals surface area (Å²) >= 11 is 0. The molecule has 1 fully saturated rings. The summed E-state index contributed by atoms with van der Waals surface area (Å²) in [5.74, 6) is 1.19. The summed E-state index contributed by atoms with van der Waals surface area (Å²) in [4.78, 5) is 6.73. The molecule has 2 N–H and O–H groups in total. The van der Waals surface area contributed by atoms with Gasteiger partial charge in [0, 0.05) is 13.6 Å². The van der Waals surface area contributed by atoms with Gasteiger partial charge in [0.1, 0.15) is 17.7 Å². The Morgan fingerprint density at radius 1 is 1.25 bits per heavy atom. The van der Waals surface area contributed by atoms with Gasteiger partial charge in [0.05, 0.1) is 6.54 Å². The van der Waals surface area contributed by atoms with Crippen molar-refractivity contribution in [3.8, 4) is 5.75 Å². The quantitative estimate of drug-likeness (QED) is 0.434.